The first-order valence-electron chi connectivity index (χ1n) is 6.27. The number of nitro groups is 1. The monoisotopic (exact) mass is 266 g/mol. The number of hydrogen-bond donors (Lipinski definition) is 3. The molecular formula is C12H18N4O3. The standard InChI is InChI=1S/C12H18N4O3/c13-14-10-4-1-5-11(12(10)16(18)19)15-6-2-3-9(7-15)8-17/h1,4-5,9,14,17H,2-3,6-8,13H2. The Morgan fingerprint density at radius 3 is 3.00 bits per heavy atom. The van der Waals surface area contributed by atoms with Crippen LogP contribution >= 0.6 is 0 Å². The molecule has 1 heterocycles. The Bertz CT molecular complexity index is 466. The molecule has 1 aliphatic heterocycles. The predicted octanol–water partition coefficient (Wildman–Crippen LogP) is 1.09. The van der Waals surface area contributed by atoms with Gasteiger partial charge in [-0.25, -0.2) is 0 Å². The fourth-order valence-electron chi connectivity index (χ4n) is 2.53. The highest BCUT2D eigenvalue weighted by Gasteiger charge is 2.27. The second kappa shape index (κ2) is 5.85. The number of nitrogen functional groups attached to an aromatic ring is 1. The minimum absolute atomic E-state index is 0.0106. The second-order valence-corrected chi connectivity index (χ2v) is 4.71. The number of hydrazine groups is 1. The molecule has 7 nitrogen and oxygen atoms in total. The summed E-state index contributed by atoms with van der Waals surface area (Å²) in [5.74, 6) is 5.50. The summed E-state index contributed by atoms with van der Waals surface area (Å²) >= 11 is 0. The lowest BCUT2D eigenvalue weighted by molar-refractivity contribution is -0.383. The van der Waals surface area contributed by atoms with E-state index in [9.17, 15) is 15.2 Å². The molecule has 0 aliphatic carbocycles. The van der Waals surface area contributed by atoms with Gasteiger partial charge in [-0.05, 0) is 30.9 Å². The molecule has 2 rings (SSSR count). The molecule has 104 valence electrons. The number of piperidine rings is 1. The van der Waals surface area contributed by atoms with Gasteiger partial charge >= 0.3 is 5.69 Å². The summed E-state index contributed by atoms with van der Waals surface area (Å²) in [7, 11) is 0. The van der Waals surface area contributed by atoms with Crippen molar-refractivity contribution >= 4 is 17.1 Å². The molecule has 1 fully saturated rings. The van der Waals surface area contributed by atoms with Crippen LogP contribution in [0.2, 0.25) is 0 Å². The number of rotatable bonds is 4. The summed E-state index contributed by atoms with van der Waals surface area (Å²) in [5, 5.41) is 20.5. The lowest BCUT2D eigenvalue weighted by Gasteiger charge is -2.33. The highest BCUT2D eigenvalue weighted by molar-refractivity contribution is 5.76. The summed E-state index contributed by atoms with van der Waals surface area (Å²) in [6, 6.07) is 5.04. The molecule has 19 heavy (non-hydrogen) atoms. The lowest BCUT2D eigenvalue weighted by atomic mass is 9.98. The van der Waals surface area contributed by atoms with E-state index in [4.69, 9.17) is 5.84 Å². The van der Waals surface area contributed by atoms with Crippen molar-refractivity contribution in [3.8, 4) is 0 Å². The molecule has 0 aromatic heterocycles. The van der Waals surface area contributed by atoms with Crippen molar-refractivity contribution in [3.63, 3.8) is 0 Å². The molecule has 4 N–H and O–H groups in total. The fraction of sp³-hybridized carbons (Fsp3) is 0.500. The van der Waals surface area contributed by atoms with Crippen molar-refractivity contribution < 1.29 is 10.0 Å². The zero-order valence-electron chi connectivity index (χ0n) is 10.6. The van der Waals surface area contributed by atoms with Gasteiger partial charge in [0.05, 0.1) is 4.92 Å². The molecule has 0 bridgehead atoms. The Kier molecular flexibility index (Phi) is 4.18. The van der Waals surface area contributed by atoms with E-state index in [0.717, 1.165) is 19.4 Å². The van der Waals surface area contributed by atoms with E-state index in [-0.39, 0.29) is 18.2 Å². The van der Waals surface area contributed by atoms with Gasteiger partial charge in [-0.3, -0.25) is 16.0 Å². The molecule has 1 aliphatic rings. The number of nitrogens with two attached hydrogens (primary N) is 1. The topological polar surface area (TPSA) is 105 Å². The quantitative estimate of drug-likeness (QED) is 0.428. The van der Waals surface area contributed by atoms with Crippen LogP contribution < -0.4 is 16.2 Å². The van der Waals surface area contributed by atoms with Gasteiger partial charge in [-0.1, -0.05) is 6.07 Å². The van der Waals surface area contributed by atoms with Crippen LogP contribution in [0, 0.1) is 16.0 Å². The van der Waals surface area contributed by atoms with E-state index < -0.39 is 4.92 Å². The average molecular weight is 266 g/mol. The smallest absolute Gasteiger partial charge is 0.316 e. The summed E-state index contributed by atoms with van der Waals surface area (Å²) in [6.07, 6.45) is 1.87. The van der Waals surface area contributed by atoms with Crippen LogP contribution in [0.4, 0.5) is 17.1 Å². The molecule has 0 radical (unpaired) electrons. The van der Waals surface area contributed by atoms with Crippen LogP contribution in [0.3, 0.4) is 0 Å². The van der Waals surface area contributed by atoms with Crippen molar-refractivity contribution in [1.82, 2.24) is 0 Å². The number of nitrogens with zero attached hydrogens (tertiary/aromatic N) is 2. The van der Waals surface area contributed by atoms with Gasteiger partial charge in [-0.2, -0.15) is 0 Å². The highest BCUT2D eigenvalue weighted by atomic mass is 16.6. The molecule has 0 spiro atoms. The number of aliphatic hydroxyl groups excluding tert-OH is 1. The van der Waals surface area contributed by atoms with Crippen molar-refractivity contribution in [2.45, 2.75) is 12.8 Å². The normalized spacial score (nSPS) is 19.3. The van der Waals surface area contributed by atoms with Gasteiger partial charge in [0.2, 0.25) is 0 Å². The van der Waals surface area contributed by atoms with Crippen molar-refractivity contribution in [2.75, 3.05) is 30.0 Å². The first-order valence-corrected chi connectivity index (χ1v) is 6.27. The predicted molar refractivity (Wildman–Crippen MR) is 72.9 cm³/mol. The van der Waals surface area contributed by atoms with E-state index in [1.807, 2.05) is 4.90 Å². The van der Waals surface area contributed by atoms with Crippen LogP contribution in [0.25, 0.3) is 0 Å². The first kappa shape index (κ1) is 13.6. The molecule has 1 unspecified atom stereocenters. The van der Waals surface area contributed by atoms with E-state index >= 15 is 0 Å². The Hall–Kier alpha value is -1.86. The van der Waals surface area contributed by atoms with Gasteiger partial charge in [-0.15, -0.1) is 0 Å². The van der Waals surface area contributed by atoms with Crippen molar-refractivity contribution in [1.29, 1.82) is 0 Å². The van der Waals surface area contributed by atoms with Crippen LogP contribution in [0.5, 0.6) is 0 Å². The maximum absolute atomic E-state index is 11.2. The second-order valence-electron chi connectivity index (χ2n) is 4.71. The van der Waals surface area contributed by atoms with Gasteiger partial charge in [0.15, 0.2) is 0 Å². The number of anilines is 2. The minimum Gasteiger partial charge on any atom is -0.396 e. The third-order valence-electron chi connectivity index (χ3n) is 3.47. The van der Waals surface area contributed by atoms with Crippen molar-refractivity contribution in [3.05, 3.63) is 28.3 Å². The number of aliphatic hydroxyl groups is 1. The molecule has 1 atom stereocenters. The zero-order valence-corrected chi connectivity index (χ0v) is 10.6. The SMILES string of the molecule is NNc1cccc(N2CCCC(CO)C2)c1[N+](=O)[O-]. The number of hydrogen-bond acceptors (Lipinski definition) is 6. The lowest BCUT2D eigenvalue weighted by Crippen LogP contribution is -2.37. The molecular weight excluding hydrogens is 248 g/mol. The van der Waals surface area contributed by atoms with E-state index in [1.165, 1.54) is 0 Å². The van der Waals surface area contributed by atoms with Crippen LogP contribution in [0.15, 0.2) is 18.2 Å². The molecule has 1 saturated heterocycles. The Balaban J connectivity index is 2.35. The summed E-state index contributed by atoms with van der Waals surface area (Å²) in [5.41, 5.74) is 3.21. The first-order chi connectivity index (χ1) is 9.17. The fourth-order valence-corrected chi connectivity index (χ4v) is 2.53. The van der Waals surface area contributed by atoms with Gasteiger partial charge in [0, 0.05) is 19.7 Å². The molecule has 0 saturated carbocycles. The maximum atomic E-state index is 11.2. The Labute approximate surface area is 111 Å². The summed E-state index contributed by atoms with van der Waals surface area (Å²) < 4.78 is 0. The minimum atomic E-state index is -0.424. The number of benzene rings is 1. The summed E-state index contributed by atoms with van der Waals surface area (Å²) in [4.78, 5) is 12.8. The van der Waals surface area contributed by atoms with Crippen molar-refractivity contribution in [2.24, 2.45) is 11.8 Å². The number of nitrogens with one attached hydrogen (secondary N) is 1. The Morgan fingerprint density at radius 1 is 1.58 bits per heavy atom. The largest absolute Gasteiger partial charge is 0.396 e. The van der Waals surface area contributed by atoms with Gasteiger partial charge < -0.3 is 15.4 Å². The van der Waals surface area contributed by atoms with E-state index in [0.29, 0.717) is 17.9 Å². The summed E-state index contributed by atoms with van der Waals surface area (Å²) in [6.45, 7) is 1.50. The van der Waals surface area contributed by atoms with E-state index in [1.54, 1.807) is 18.2 Å². The number of para-hydroxylation sites is 1. The van der Waals surface area contributed by atoms with Crippen LogP contribution in [0.1, 0.15) is 12.8 Å². The van der Waals surface area contributed by atoms with Crippen LogP contribution in [-0.2, 0) is 0 Å². The van der Waals surface area contributed by atoms with E-state index in [2.05, 4.69) is 5.43 Å². The maximum Gasteiger partial charge on any atom is 0.316 e. The number of nitro benzene ring substituents is 1. The Morgan fingerprint density at radius 2 is 2.37 bits per heavy atom. The van der Waals surface area contributed by atoms with Crippen LogP contribution in [-0.4, -0.2) is 29.7 Å². The average Bonchev–Trinajstić information content (AvgIpc) is 2.46. The molecule has 0 amide bonds. The third kappa shape index (κ3) is 2.77. The molecule has 1 aromatic carbocycles. The third-order valence-corrected chi connectivity index (χ3v) is 3.47. The highest BCUT2D eigenvalue weighted by Crippen LogP contribution is 2.36. The van der Waals surface area contributed by atoms with Gasteiger partial charge in [0.25, 0.3) is 0 Å². The molecule has 7 heteroatoms. The van der Waals surface area contributed by atoms with Gasteiger partial charge in [0.1, 0.15) is 11.4 Å². The zero-order chi connectivity index (χ0) is 13.8. The molecule has 1 aromatic rings.